The third-order valence-corrected chi connectivity index (χ3v) is 5.87. The van der Waals surface area contributed by atoms with Gasteiger partial charge in [-0.3, -0.25) is 4.90 Å². The van der Waals surface area contributed by atoms with Crippen LogP contribution in [-0.4, -0.2) is 23.5 Å². The molecule has 1 fully saturated rings. The molecule has 0 spiro atoms. The van der Waals surface area contributed by atoms with Gasteiger partial charge in [-0.25, -0.2) is 4.98 Å². The Balaban J connectivity index is 1.60. The second-order valence-electron chi connectivity index (χ2n) is 6.35. The number of hydrogen-bond acceptors (Lipinski definition) is 4. The quantitative estimate of drug-likeness (QED) is 0.667. The Morgan fingerprint density at radius 3 is 2.96 bits per heavy atom. The van der Waals surface area contributed by atoms with E-state index in [1.165, 1.54) is 34.5 Å². The average Bonchev–Trinajstić information content (AvgIpc) is 3.06. The fourth-order valence-electron chi connectivity index (χ4n) is 3.50. The molecule has 2 aromatic carbocycles. The number of methoxy groups -OCH3 is 1. The predicted molar refractivity (Wildman–Crippen MR) is 99.6 cm³/mol. The van der Waals surface area contributed by atoms with Crippen LogP contribution in [0.2, 0.25) is 0 Å². The van der Waals surface area contributed by atoms with Gasteiger partial charge in [0.1, 0.15) is 10.8 Å². The van der Waals surface area contributed by atoms with Gasteiger partial charge in [-0.2, -0.15) is 0 Å². The number of nitrogens with zero attached hydrogens (tertiary/aromatic N) is 2. The second kappa shape index (κ2) is 6.91. The van der Waals surface area contributed by atoms with E-state index in [9.17, 15) is 0 Å². The maximum atomic E-state index is 5.37. The van der Waals surface area contributed by atoms with Gasteiger partial charge in [-0.05, 0) is 49.2 Å². The molecule has 1 aliphatic rings. The minimum Gasteiger partial charge on any atom is -0.497 e. The average molecular weight is 338 g/mol. The number of fused-ring (bicyclic) bond motifs is 1. The van der Waals surface area contributed by atoms with Crippen molar-refractivity contribution in [3.05, 3.63) is 59.1 Å². The first-order chi connectivity index (χ1) is 11.8. The predicted octanol–water partition coefficient (Wildman–Crippen LogP) is 5.03. The number of para-hydroxylation sites is 1. The van der Waals surface area contributed by atoms with Crippen molar-refractivity contribution in [2.75, 3.05) is 13.7 Å². The summed E-state index contributed by atoms with van der Waals surface area (Å²) >= 11 is 1.85. The van der Waals surface area contributed by atoms with Crippen LogP contribution in [0.1, 0.15) is 35.9 Å². The van der Waals surface area contributed by atoms with E-state index in [4.69, 9.17) is 9.72 Å². The number of hydrogen-bond donors (Lipinski definition) is 0. The van der Waals surface area contributed by atoms with Crippen LogP contribution in [0.4, 0.5) is 0 Å². The van der Waals surface area contributed by atoms with E-state index in [2.05, 4.69) is 47.4 Å². The Morgan fingerprint density at radius 2 is 2.08 bits per heavy atom. The van der Waals surface area contributed by atoms with Crippen LogP contribution >= 0.6 is 11.3 Å². The van der Waals surface area contributed by atoms with Gasteiger partial charge in [0.15, 0.2) is 0 Å². The van der Waals surface area contributed by atoms with Crippen molar-refractivity contribution in [2.45, 2.75) is 31.8 Å². The number of likely N-dealkylation sites (tertiary alicyclic amines) is 1. The molecule has 124 valence electrons. The summed E-state index contributed by atoms with van der Waals surface area (Å²) in [6.07, 6.45) is 3.75. The number of rotatable bonds is 4. The summed E-state index contributed by atoms with van der Waals surface area (Å²) in [6.45, 7) is 2.09. The van der Waals surface area contributed by atoms with Crippen molar-refractivity contribution < 1.29 is 4.74 Å². The molecule has 0 bridgehead atoms. The zero-order valence-electron chi connectivity index (χ0n) is 13.9. The first-order valence-electron chi connectivity index (χ1n) is 8.56. The lowest BCUT2D eigenvalue weighted by molar-refractivity contribution is 0.140. The molecule has 0 amide bonds. The van der Waals surface area contributed by atoms with Crippen LogP contribution in [0, 0.1) is 0 Å². The molecule has 1 aromatic heterocycles. The van der Waals surface area contributed by atoms with Gasteiger partial charge < -0.3 is 4.74 Å². The molecule has 0 saturated carbocycles. The highest BCUT2D eigenvalue weighted by atomic mass is 32.1. The fraction of sp³-hybridized carbons (Fsp3) is 0.350. The maximum absolute atomic E-state index is 5.37. The van der Waals surface area contributed by atoms with Crippen molar-refractivity contribution >= 4 is 21.6 Å². The molecule has 1 saturated heterocycles. The molecule has 24 heavy (non-hydrogen) atoms. The summed E-state index contributed by atoms with van der Waals surface area (Å²) < 4.78 is 6.66. The van der Waals surface area contributed by atoms with Gasteiger partial charge in [0, 0.05) is 6.54 Å². The van der Waals surface area contributed by atoms with E-state index in [1.807, 2.05) is 17.4 Å². The van der Waals surface area contributed by atoms with E-state index in [0.29, 0.717) is 6.04 Å². The third-order valence-electron chi connectivity index (χ3n) is 4.73. The van der Waals surface area contributed by atoms with Gasteiger partial charge in [0.2, 0.25) is 0 Å². The summed E-state index contributed by atoms with van der Waals surface area (Å²) in [5.74, 6) is 0.932. The van der Waals surface area contributed by atoms with E-state index in [1.54, 1.807) is 7.11 Å². The molecule has 1 aliphatic heterocycles. The molecule has 0 N–H and O–H groups in total. The highest BCUT2D eigenvalue weighted by molar-refractivity contribution is 7.18. The Morgan fingerprint density at radius 1 is 1.17 bits per heavy atom. The molecule has 3 nitrogen and oxygen atoms in total. The number of thiazole rings is 1. The van der Waals surface area contributed by atoms with Gasteiger partial charge in [0.05, 0.1) is 23.4 Å². The van der Waals surface area contributed by atoms with Gasteiger partial charge >= 0.3 is 0 Å². The molecule has 0 unspecified atom stereocenters. The maximum Gasteiger partial charge on any atom is 0.119 e. The highest BCUT2D eigenvalue weighted by Gasteiger charge is 2.26. The van der Waals surface area contributed by atoms with Crippen molar-refractivity contribution in [3.8, 4) is 5.75 Å². The summed E-state index contributed by atoms with van der Waals surface area (Å²) in [5.41, 5.74) is 2.44. The van der Waals surface area contributed by atoms with Crippen molar-refractivity contribution in [1.82, 2.24) is 9.88 Å². The number of benzene rings is 2. The second-order valence-corrected chi connectivity index (χ2v) is 7.42. The molecule has 4 rings (SSSR count). The van der Waals surface area contributed by atoms with E-state index in [-0.39, 0.29) is 0 Å². The zero-order chi connectivity index (χ0) is 16.4. The van der Waals surface area contributed by atoms with Gasteiger partial charge in [-0.1, -0.05) is 30.7 Å². The molecular weight excluding hydrogens is 316 g/mol. The molecule has 1 atom stereocenters. The molecule has 2 heterocycles. The number of aromatic nitrogens is 1. The number of piperidine rings is 1. The molecule has 0 radical (unpaired) electrons. The topological polar surface area (TPSA) is 25.4 Å². The van der Waals surface area contributed by atoms with Crippen molar-refractivity contribution in [3.63, 3.8) is 0 Å². The third kappa shape index (κ3) is 3.17. The normalized spacial score (nSPS) is 18.8. The van der Waals surface area contributed by atoms with Crippen LogP contribution in [0.25, 0.3) is 10.2 Å². The van der Waals surface area contributed by atoms with Gasteiger partial charge in [0.25, 0.3) is 0 Å². The molecule has 3 aromatic rings. The van der Waals surface area contributed by atoms with E-state index >= 15 is 0 Å². The van der Waals surface area contributed by atoms with Crippen LogP contribution in [-0.2, 0) is 6.54 Å². The fourth-order valence-corrected chi connectivity index (χ4v) is 4.63. The van der Waals surface area contributed by atoms with Crippen LogP contribution in [0.15, 0.2) is 48.5 Å². The Kier molecular flexibility index (Phi) is 4.50. The van der Waals surface area contributed by atoms with Crippen molar-refractivity contribution in [2.24, 2.45) is 0 Å². The van der Waals surface area contributed by atoms with E-state index < -0.39 is 0 Å². The smallest absolute Gasteiger partial charge is 0.119 e. The Hall–Kier alpha value is -1.91. The van der Waals surface area contributed by atoms with Crippen LogP contribution in [0.3, 0.4) is 0 Å². The first-order valence-corrected chi connectivity index (χ1v) is 9.37. The summed E-state index contributed by atoms with van der Waals surface area (Å²) in [5, 5.41) is 1.26. The zero-order valence-corrected chi connectivity index (χ0v) is 14.8. The largest absolute Gasteiger partial charge is 0.497 e. The lowest BCUT2D eigenvalue weighted by Crippen LogP contribution is -2.32. The highest BCUT2D eigenvalue weighted by Crippen LogP contribution is 2.36. The Labute approximate surface area is 146 Å². The first kappa shape index (κ1) is 15.6. The van der Waals surface area contributed by atoms with E-state index in [0.717, 1.165) is 24.4 Å². The molecule has 4 heteroatoms. The molecule has 0 aliphatic carbocycles. The Bertz CT molecular complexity index is 796. The summed E-state index contributed by atoms with van der Waals surface area (Å²) in [7, 11) is 1.73. The van der Waals surface area contributed by atoms with Crippen molar-refractivity contribution in [1.29, 1.82) is 0 Å². The molecular formula is C20H22N2OS. The summed E-state index contributed by atoms with van der Waals surface area (Å²) in [4.78, 5) is 7.49. The minimum absolute atomic E-state index is 0.433. The van der Waals surface area contributed by atoms with Crippen LogP contribution in [0.5, 0.6) is 5.75 Å². The minimum atomic E-state index is 0.433. The van der Waals surface area contributed by atoms with Crippen LogP contribution < -0.4 is 4.74 Å². The monoisotopic (exact) mass is 338 g/mol. The van der Waals surface area contributed by atoms with Gasteiger partial charge in [-0.15, -0.1) is 11.3 Å². The SMILES string of the molecule is COc1cccc(CN2CCCC[C@H]2c2nc3ccccc3s2)c1. The standard InChI is InChI=1S/C20H22N2OS/c1-23-16-8-6-7-15(13-16)14-22-12-5-4-10-18(22)20-21-17-9-2-3-11-19(17)24-20/h2-3,6-9,11,13,18H,4-5,10,12,14H2,1H3/t18-/m0/s1. The number of ether oxygens (including phenoxy) is 1. The lowest BCUT2D eigenvalue weighted by Gasteiger charge is -2.34. The lowest BCUT2D eigenvalue weighted by atomic mass is 10.0. The summed E-state index contributed by atoms with van der Waals surface area (Å²) in [6, 6.07) is 17.3.